The van der Waals surface area contributed by atoms with Crippen molar-refractivity contribution in [3.63, 3.8) is 0 Å². The summed E-state index contributed by atoms with van der Waals surface area (Å²) in [4.78, 5) is 31.3. The summed E-state index contributed by atoms with van der Waals surface area (Å²) >= 11 is 0. The van der Waals surface area contributed by atoms with Gasteiger partial charge in [-0.3, -0.25) is 0 Å². The quantitative estimate of drug-likeness (QED) is 0.0362. The number of aliphatic hydroxyl groups is 4. The Labute approximate surface area is 301 Å². The molecule has 8 N–H and O–H groups in total. The van der Waals surface area contributed by atoms with Crippen LogP contribution >= 0.6 is 17.2 Å². The van der Waals surface area contributed by atoms with Gasteiger partial charge in [0.05, 0.1) is 31.3 Å². The zero-order valence-corrected chi connectivity index (χ0v) is 33.8. The second kappa shape index (κ2) is 26.5. The van der Waals surface area contributed by atoms with E-state index in [2.05, 4.69) is 64.9 Å². The van der Waals surface area contributed by atoms with Crippen LogP contribution in [0.1, 0.15) is 173 Å². The number of hydrogen-bond acceptors (Lipinski definition) is 9. The molecule has 1 rings (SSSR count). The summed E-state index contributed by atoms with van der Waals surface area (Å²) in [6.07, 6.45) is 21.4. The smallest absolute Gasteiger partial charge is 0.334 e. The minimum atomic E-state index is -2.61. The minimum absolute atomic E-state index is 0.187. The maximum absolute atomic E-state index is 10.2. The molecule has 49 heavy (non-hydrogen) atoms. The van der Waals surface area contributed by atoms with Crippen LogP contribution in [-0.4, -0.2) is 65.9 Å². The molecule has 0 fully saturated rings. The average molecular weight is 737 g/mol. The molecule has 0 saturated carbocycles. The van der Waals surface area contributed by atoms with E-state index in [0.717, 1.165) is 19.3 Å². The third kappa shape index (κ3) is 21.8. The van der Waals surface area contributed by atoms with Crippen LogP contribution in [0, 0.1) is 12.3 Å². The van der Waals surface area contributed by atoms with Crippen LogP contribution in [-0.2, 0) is 21.6 Å². The van der Waals surface area contributed by atoms with Crippen molar-refractivity contribution in [2.75, 3.05) is 19.8 Å². The highest BCUT2D eigenvalue weighted by molar-refractivity contribution is 7.53. The Morgan fingerprint density at radius 2 is 0.857 bits per heavy atom. The third-order valence-electron chi connectivity index (χ3n) is 9.46. The van der Waals surface area contributed by atoms with E-state index in [4.69, 9.17) is 19.6 Å². The van der Waals surface area contributed by atoms with E-state index >= 15 is 0 Å². The second-order valence-corrected chi connectivity index (χ2v) is 17.6. The molecule has 0 spiro atoms. The van der Waals surface area contributed by atoms with Crippen LogP contribution < -0.4 is 0 Å². The zero-order chi connectivity index (χ0) is 37.5. The molecular formula is C38H74O9P2. The first-order chi connectivity index (χ1) is 22.9. The normalized spacial score (nSPS) is 13.2. The summed E-state index contributed by atoms with van der Waals surface area (Å²) in [6, 6.07) is 4.87. The first-order valence-electron chi connectivity index (χ1n) is 18.6. The number of aryl methyl sites for hydroxylation is 1. The fourth-order valence-corrected chi connectivity index (χ4v) is 6.90. The van der Waals surface area contributed by atoms with Crippen LogP contribution in [0.4, 0.5) is 0 Å². The predicted octanol–water partition coefficient (Wildman–Crippen LogP) is 8.51. The number of unbranched alkanes of at least 4 members (excludes halogenated alkanes) is 15. The summed E-state index contributed by atoms with van der Waals surface area (Å²) in [5, 5.41) is 38.4. The Morgan fingerprint density at radius 1 is 0.551 bits per heavy atom. The molecule has 0 amide bonds. The molecule has 0 radical (unpaired) electrons. The van der Waals surface area contributed by atoms with Gasteiger partial charge in [0.2, 0.25) is 0 Å². The Morgan fingerprint density at radius 3 is 1.12 bits per heavy atom. The number of benzene rings is 1. The fourth-order valence-electron chi connectivity index (χ4n) is 6.38. The van der Waals surface area contributed by atoms with Crippen molar-refractivity contribution in [2.24, 2.45) is 5.41 Å². The van der Waals surface area contributed by atoms with E-state index in [-0.39, 0.29) is 10.8 Å². The maximum atomic E-state index is 10.2. The molecule has 0 aromatic heterocycles. The van der Waals surface area contributed by atoms with Crippen LogP contribution in [0.25, 0.3) is 0 Å². The maximum Gasteiger partial charge on any atom is 0.334 e. The van der Waals surface area contributed by atoms with E-state index in [0.29, 0.717) is 6.42 Å². The van der Waals surface area contributed by atoms with Gasteiger partial charge in [-0.2, -0.15) is 0 Å². The number of hydrogen-bond donors (Lipinski definition) is 8. The van der Waals surface area contributed by atoms with E-state index in [9.17, 15) is 20.4 Å². The van der Waals surface area contributed by atoms with Gasteiger partial charge in [-0.25, -0.2) is 4.31 Å². The van der Waals surface area contributed by atoms with Gasteiger partial charge in [-0.15, -0.1) is 0 Å². The molecule has 0 heterocycles. The predicted molar refractivity (Wildman–Crippen MR) is 204 cm³/mol. The van der Waals surface area contributed by atoms with Gasteiger partial charge in [0.1, 0.15) is 0 Å². The monoisotopic (exact) mass is 736 g/mol. The Hall–Kier alpha value is -0.280. The lowest BCUT2D eigenvalue weighted by Crippen LogP contribution is -2.45. The first-order valence-corrected chi connectivity index (χ1v) is 21.0. The third-order valence-corrected chi connectivity index (χ3v) is 10.6. The molecule has 1 aromatic carbocycles. The van der Waals surface area contributed by atoms with Gasteiger partial charge in [-0.05, 0) is 53.7 Å². The van der Waals surface area contributed by atoms with Crippen molar-refractivity contribution in [1.29, 1.82) is 0 Å². The minimum Gasteiger partial charge on any atom is -0.396 e. The van der Waals surface area contributed by atoms with Gasteiger partial charge in [0.25, 0.3) is 0 Å². The molecule has 0 aliphatic carbocycles. The van der Waals surface area contributed by atoms with Gasteiger partial charge in [0, 0.05) is 0 Å². The van der Waals surface area contributed by atoms with Crippen molar-refractivity contribution in [2.45, 2.75) is 181 Å². The van der Waals surface area contributed by atoms with E-state index in [1.807, 2.05) is 0 Å². The van der Waals surface area contributed by atoms with E-state index in [1.165, 1.54) is 95.5 Å². The standard InChI is InChI=1S/C38H70O4.H4O5P2/c1-31-26-33(36(2,3)4)32(34(27-31)37(5,6)7)24-22-20-18-16-14-12-10-8-9-11-13-15-17-19-21-23-25-35(42)38(28-39,29-40)30-41;1-6(2)5-7(3)4/h26-27,35,39-42H,8-25,28-30H2,1-7H3;1-4H. The van der Waals surface area contributed by atoms with Crippen molar-refractivity contribution < 1.29 is 44.3 Å². The summed E-state index contributed by atoms with van der Waals surface area (Å²) < 4.78 is 3.60. The topological polar surface area (TPSA) is 171 Å². The Kier molecular flexibility index (Phi) is 26.3. The first kappa shape index (κ1) is 48.7. The van der Waals surface area contributed by atoms with Gasteiger partial charge < -0.3 is 40.0 Å². The molecule has 0 saturated heterocycles. The van der Waals surface area contributed by atoms with Crippen molar-refractivity contribution in [3.8, 4) is 0 Å². The fraction of sp³-hybridized carbons (Fsp3) is 0.842. The lowest BCUT2D eigenvalue weighted by atomic mass is 9.74. The molecule has 1 unspecified atom stereocenters. The number of rotatable bonds is 25. The largest absolute Gasteiger partial charge is 0.396 e. The van der Waals surface area contributed by atoms with Crippen LogP contribution in [0.5, 0.6) is 0 Å². The summed E-state index contributed by atoms with van der Waals surface area (Å²) in [5.41, 5.74) is 5.31. The molecular weight excluding hydrogens is 662 g/mol. The lowest BCUT2D eigenvalue weighted by Gasteiger charge is -2.32. The summed E-state index contributed by atoms with van der Waals surface area (Å²) in [6.45, 7) is 15.2. The average Bonchev–Trinajstić information content (AvgIpc) is 3.00. The molecule has 0 aliphatic heterocycles. The van der Waals surface area contributed by atoms with E-state index in [1.54, 1.807) is 16.7 Å². The van der Waals surface area contributed by atoms with E-state index < -0.39 is 48.5 Å². The van der Waals surface area contributed by atoms with Gasteiger partial charge in [-0.1, -0.05) is 156 Å². The molecule has 9 nitrogen and oxygen atoms in total. The molecule has 290 valence electrons. The highest BCUT2D eigenvalue weighted by Gasteiger charge is 2.36. The molecule has 0 aliphatic rings. The van der Waals surface area contributed by atoms with Crippen LogP contribution in [0.3, 0.4) is 0 Å². The Bertz CT molecular complexity index is 908. The summed E-state index contributed by atoms with van der Waals surface area (Å²) in [7, 11) is -5.22. The van der Waals surface area contributed by atoms with Crippen LogP contribution in [0.2, 0.25) is 0 Å². The Balaban J connectivity index is 0.00000295. The zero-order valence-electron chi connectivity index (χ0n) is 32.0. The SMILES string of the molecule is Cc1cc(C(C)(C)C)c(CCCCCCCCCCCCCCCCCCC(O)C(CO)(CO)CO)c(C(C)(C)C)c1.OP(O)OP(O)O. The molecule has 11 heteroatoms. The van der Waals surface area contributed by atoms with Crippen molar-refractivity contribution >= 4 is 17.2 Å². The highest BCUT2D eigenvalue weighted by Crippen LogP contribution is 2.41. The van der Waals surface area contributed by atoms with Crippen LogP contribution in [0.15, 0.2) is 12.1 Å². The second-order valence-electron chi connectivity index (χ2n) is 16.0. The van der Waals surface area contributed by atoms with Gasteiger partial charge >= 0.3 is 17.2 Å². The lowest BCUT2D eigenvalue weighted by molar-refractivity contribution is -0.0863. The van der Waals surface area contributed by atoms with Gasteiger partial charge in [0.15, 0.2) is 0 Å². The molecule has 1 atom stereocenters. The van der Waals surface area contributed by atoms with Crippen molar-refractivity contribution in [1.82, 2.24) is 0 Å². The highest BCUT2D eigenvalue weighted by atomic mass is 31.2. The summed E-state index contributed by atoms with van der Waals surface area (Å²) in [5.74, 6) is 0. The molecule has 1 aromatic rings. The number of aliphatic hydroxyl groups excluding tert-OH is 4. The van der Waals surface area contributed by atoms with Crippen molar-refractivity contribution in [3.05, 3.63) is 34.4 Å². The molecule has 0 bridgehead atoms.